The second kappa shape index (κ2) is 17.0. The molecule has 7 rings (SSSR count). The predicted molar refractivity (Wildman–Crippen MR) is 185 cm³/mol. The van der Waals surface area contributed by atoms with Crippen LogP contribution < -0.4 is 5.32 Å². The average molecular weight is 718 g/mol. The summed E-state index contributed by atoms with van der Waals surface area (Å²) in [7, 11) is 0. The van der Waals surface area contributed by atoms with Crippen LogP contribution in [-0.4, -0.2) is 103 Å². The number of amides is 3. The number of nitrogens with zero attached hydrogens (tertiary/aromatic N) is 2. The number of para-hydroxylation sites is 1. The van der Waals surface area contributed by atoms with Crippen LogP contribution in [0.25, 0.3) is 0 Å². The van der Waals surface area contributed by atoms with Crippen LogP contribution in [0.1, 0.15) is 24.0 Å². The molecule has 4 aliphatic rings. The molecule has 3 amide bonds. The minimum absolute atomic E-state index is 0.0168. The topological polar surface area (TPSA) is 162 Å². The van der Waals surface area contributed by atoms with E-state index in [0.717, 1.165) is 11.1 Å². The first-order valence-corrected chi connectivity index (χ1v) is 17.3. The lowest BCUT2D eigenvalue weighted by Gasteiger charge is -2.42. The second-order valence-electron chi connectivity index (χ2n) is 12.8. The van der Waals surface area contributed by atoms with Crippen LogP contribution in [0.5, 0.6) is 0 Å². The van der Waals surface area contributed by atoms with Crippen molar-refractivity contribution in [1.29, 1.82) is 0 Å². The molecule has 276 valence electrons. The molecule has 2 N–H and O–H groups in total. The van der Waals surface area contributed by atoms with E-state index in [4.69, 9.17) is 28.4 Å². The number of piperidine rings is 2. The van der Waals surface area contributed by atoms with Gasteiger partial charge in [-0.05, 0) is 23.3 Å². The molecule has 3 aromatic carbocycles. The van der Waals surface area contributed by atoms with Gasteiger partial charge < -0.3 is 48.6 Å². The second-order valence-corrected chi connectivity index (χ2v) is 12.8. The lowest BCUT2D eigenvalue weighted by Crippen LogP contribution is -2.58. The SMILES string of the molecule is O=C(Nc1ccccc1)C1CN(C(=O)OCc2ccccc2)CCC12OCCO2.O=C(O)C1CN(C(=O)OCc2ccccc2)CCC12OCCO2. The summed E-state index contributed by atoms with van der Waals surface area (Å²) < 4.78 is 33.5. The zero-order valence-electron chi connectivity index (χ0n) is 28.7. The molecule has 0 radical (unpaired) electrons. The van der Waals surface area contributed by atoms with Gasteiger partial charge in [0, 0.05) is 44.7 Å². The van der Waals surface area contributed by atoms with Gasteiger partial charge in [-0.3, -0.25) is 9.59 Å². The molecule has 2 unspecified atom stereocenters. The van der Waals surface area contributed by atoms with Crippen molar-refractivity contribution < 1.29 is 52.7 Å². The molecule has 4 saturated heterocycles. The Morgan fingerprint density at radius 3 is 1.48 bits per heavy atom. The first kappa shape index (κ1) is 36.8. The van der Waals surface area contributed by atoms with Gasteiger partial charge in [0.2, 0.25) is 5.91 Å². The van der Waals surface area contributed by atoms with E-state index >= 15 is 0 Å². The molecule has 4 fully saturated rings. The summed E-state index contributed by atoms with van der Waals surface area (Å²) in [5.74, 6) is -4.94. The quantitative estimate of drug-likeness (QED) is 0.354. The smallest absolute Gasteiger partial charge is 0.410 e. The summed E-state index contributed by atoms with van der Waals surface area (Å²) in [6.45, 7) is 2.92. The van der Waals surface area contributed by atoms with Gasteiger partial charge in [0.25, 0.3) is 0 Å². The Balaban J connectivity index is 0.000000183. The highest BCUT2D eigenvalue weighted by Crippen LogP contribution is 2.38. The Hall–Kier alpha value is -5.02. The highest BCUT2D eigenvalue weighted by molar-refractivity contribution is 5.93. The number of benzene rings is 3. The van der Waals surface area contributed by atoms with Crippen molar-refractivity contribution in [3.8, 4) is 0 Å². The number of hydrogen-bond acceptors (Lipinski definition) is 10. The molecule has 4 aliphatic heterocycles. The van der Waals surface area contributed by atoms with Crippen molar-refractivity contribution in [3.63, 3.8) is 0 Å². The van der Waals surface area contributed by atoms with E-state index < -0.39 is 41.6 Å². The van der Waals surface area contributed by atoms with E-state index in [-0.39, 0.29) is 32.2 Å². The number of rotatable bonds is 7. The molecule has 3 aromatic rings. The molecule has 14 heteroatoms. The van der Waals surface area contributed by atoms with Crippen molar-refractivity contribution in [2.24, 2.45) is 11.8 Å². The standard InChI is InChI=1S/C22H24N2O5.C16H19NO6/c25-20(23-18-9-5-2-6-10-18)19-15-24(12-11-22(19)28-13-14-29-22)21(26)27-16-17-7-3-1-4-8-17;18-14(19)13-10-17(7-6-16(13)22-8-9-23-16)15(20)21-11-12-4-2-1-3-5-12/h1-10,19H,11-16H2,(H,23,25);1-5,13H,6-11H2,(H,18,19). The minimum atomic E-state index is -1.11. The lowest BCUT2D eigenvalue weighted by molar-refractivity contribution is -0.224. The molecule has 0 bridgehead atoms. The Labute approximate surface area is 301 Å². The molecule has 2 atom stereocenters. The van der Waals surface area contributed by atoms with E-state index in [0.29, 0.717) is 58.0 Å². The Morgan fingerprint density at radius 2 is 1.04 bits per heavy atom. The van der Waals surface area contributed by atoms with Crippen LogP contribution in [0.4, 0.5) is 15.3 Å². The summed E-state index contributed by atoms with van der Waals surface area (Å²) in [5.41, 5.74) is 2.48. The van der Waals surface area contributed by atoms with E-state index in [9.17, 15) is 24.3 Å². The molecular weight excluding hydrogens is 674 g/mol. The molecule has 14 nitrogen and oxygen atoms in total. The third-order valence-corrected chi connectivity index (χ3v) is 9.46. The number of nitrogens with one attached hydrogen (secondary N) is 1. The summed E-state index contributed by atoms with van der Waals surface area (Å²) >= 11 is 0. The summed E-state index contributed by atoms with van der Waals surface area (Å²) in [6, 6.07) is 28.0. The van der Waals surface area contributed by atoms with Crippen molar-refractivity contribution >= 4 is 29.8 Å². The highest BCUT2D eigenvalue weighted by atomic mass is 16.7. The van der Waals surface area contributed by atoms with Crippen LogP contribution in [0.15, 0.2) is 91.0 Å². The molecule has 0 saturated carbocycles. The molecule has 0 aliphatic carbocycles. The third kappa shape index (κ3) is 8.88. The molecule has 52 heavy (non-hydrogen) atoms. The number of carbonyl (C=O) groups excluding carboxylic acids is 3. The number of hydrogen-bond donors (Lipinski definition) is 2. The van der Waals surface area contributed by atoms with Crippen molar-refractivity contribution in [3.05, 3.63) is 102 Å². The normalized spacial score (nSPS) is 21.5. The van der Waals surface area contributed by atoms with Gasteiger partial charge in [-0.2, -0.15) is 0 Å². The van der Waals surface area contributed by atoms with Crippen molar-refractivity contribution in [2.75, 3.05) is 57.9 Å². The fourth-order valence-electron chi connectivity index (χ4n) is 6.72. The zero-order chi connectivity index (χ0) is 36.4. The Bertz CT molecular complexity index is 1650. The predicted octanol–water partition coefficient (Wildman–Crippen LogP) is 4.50. The number of carbonyl (C=O) groups is 4. The van der Waals surface area contributed by atoms with Gasteiger partial charge in [-0.25, -0.2) is 9.59 Å². The van der Waals surface area contributed by atoms with E-state index in [2.05, 4.69) is 5.32 Å². The maximum absolute atomic E-state index is 13.0. The minimum Gasteiger partial charge on any atom is -0.481 e. The van der Waals surface area contributed by atoms with E-state index in [1.54, 1.807) is 4.90 Å². The zero-order valence-corrected chi connectivity index (χ0v) is 28.7. The largest absolute Gasteiger partial charge is 0.481 e. The number of carboxylic acids is 1. The third-order valence-electron chi connectivity index (χ3n) is 9.46. The van der Waals surface area contributed by atoms with Crippen molar-refractivity contribution in [2.45, 2.75) is 37.6 Å². The number of ether oxygens (including phenoxy) is 6. The first-order chi connectivity index (χ1) is 25.3. The van der Waals surface area contributed by atoms with Crippen molar-refractivity contribution in [1.82, 2.24) is 9.80 Å². The van der Waals surface area contributed by atoms with Gasteiger partial charge in [-0.15, -0.1) is 0 Å². The van der Waals surface area contributed by atoms with Gasteiger partial charge in [0.15, 0.2) is 11.6 Å². The first-order valence-electron chi connectivity index (χ1n) is 17.3. The van der Waals surface area contributed by atoms with E-state index in [1.165, 1.54) is 4.90 Å². The Morgan fingerprint density at radius 1 is 0.635 bits per heavy atom. The fraction of sp³-hybridized carbons (Fsp3) is 0.421. The van der Waals surface area contributed by atoms with Crippen LogP contribution in [0.2, 0.25) is 0 Å². The highest BCUT2D eigenvalue weighted by Gasteiger charge is 2.53. The van der Waals surface area contributed by atoms with Crippen LogP contribution >= 0.6 is 0 Å². The number of anilines is 1. The summed E-state index contributed by atoms with van der Waals surface area (Å²) in [6.07, 6.45) is -0.225. The summed E-state index contributed by atoms with van der Waals surface area (Å²) in [4.78, 5) is 52.3. The molecule has 2 spiro atoms. The fourth-order valence-corrected chi connectivity index (χ4v) is 6.72. The average Bonchev–Trinajstić information content (AvgIpc) is 3.85. The number of carboxylic acid groups (broad SMARTS) is 1. The van der Waals surface area contributed by atoms with Crippen LogP contribution in [0.3, 0.4) is 0 Å². The van der Waals surface area contributed by atoms with Gasteiger partial charge >= 0.3 is 18.2 Å². The lowest BCUT2D eigenvalue weighted by atomic mass is 9.89. The number of likely N-dealkylation sites (tertiary alicyclic amines) is 2. The van der Waals surface area contributed by atoms with E-state index in [1.807, 2.05) is 91.0 Å². The van der Waals surface area contributed by atoms with Gasteiger partial charge in [0.1, 0.15) is 25.0 Å². The van der Waals surface area contributed by atoms with Gasteiger partial charge in [0.05, 0.1) is 26.4 Å². The Kier molecular flexibility index (Phi) is 12.0. The summed E-state index contributed by atoms with van der Waals surface area (Å²) in [5, 5.41) is 12.3. The van der Waals surface area contributed by atoms with Crippen LogP contribution in [0, 0.1) is 11.8 Å². The molecular formula is C38H43N3O11. The molecule has 0 aromatic heterocycles. The molecule has 4 heterocycles. The maximum Gasteiger partial charge on any atom is 0.410 e. The van der Waals surface area contributed by atoms with Crippen LogP contribution in [-0.2, 0) is 51.2 Å². The number of aliphatic carboxylic acids is 1. The maximum atomic E-state index is 13.0. The van der Waals surface area contributed by atoms with Gasteiger partial charge in [-0.1, -0.05) is 78.9 Å². The monoisotopic (exact) mass is 717 g/mol.